The molecule has 2 saturated heterocycles. The largest absolute Gasteiger partial charge is 0.421 e. The molecular formula is C11H21N3. The molecule has 80 valence electrons. The summed E-state index contributed by atoms with van der Waals surface area (Å²) < 4.78 is 0.969. The Morgan fingerprint density at radius 3 is 2.86 bits per heavy atom. The zero-order valence-corrected chi connectivity index (χ0v) is 9.51. The molecule has 0 aromatic carbocycles. The number of hydrogen-bond acceptors (Lipinski definition) is 2. The van der Waals surface area contributed by atoms with E-state index in [2.05, 4.69) is 43.8 Å². The van der Waals surface area contributed by atoms with Gasteiger partial charge in [-0.2, -0.15) is 0 Å². The van der Waals surface area contributed by atoms with Gasteiger partial charge in [0.25, 0.3) is 0 Å². The number of rotatable bonds is 2. The number of nitrogens with zero attached hydrogens (tertiary/aromatic N) is 2. The van der Waals surface area contributed by atoms with Crippen LogP contribution in [0, 0.1) is 6.29 Å². The SMILES string of the molecule is C=CC(C)(C)[N+]1(C)CCN2CCN[C-]21. The minimum absolute atomic E-state index is 0.113. The van der Waals surface area contributed by atoms with E-state index in [1.165, 1.54) is 19.4 Å². The van der Waals surface area contributed by atoms with Crippen molar-refractivity contribution in [2.45, 2.75) is 19.4 Å². The Hall–Kier alpha value is -0.380. The minimum Gasteiger partial charge on any atom is -0.421 e. The Morgan fingerprint density at radius 2 is 2.21 bits per heavy atom. The number of hydrogen-bond donors (Lipinski definition) is 1. The van der Waals surface area contributed by atoms with Crippen molar-refractivity contribution in [1.82, 2.24) is 10.2 Å². The molecule has 1 unspecified atom stereocenters. The van der Waals surface area contributed by atoms with Crippen LogP contribution in [0.1, 0.15) is 13.8 Å². The van der Waals surface area contributed by atoms with Crippen molar-refractivity contribution in [2.24, 2.45) is 0 Å². The van der Waals surface area contributed by atoms with Gasteiger partial charge >= 0.3 is 0 Å². The molecule has 2 aliphatic rings. The Balaban J connectivity index is 2.27. The van der Waals surface area contributed by atoms with Crippen molar-refractivity contribution in [1.29, 1.82) is 0 Å². The van der Waals surface area contributed by atoms with E-state index in [4.69, 9.17) is 0 Å². The molecule has 2 aliphatic heterocycles. The summed E-state index contributed by atoms with van der Waals surface area (Å²) in [6.07, 6.45) is 3.46. The van der Waals surface area contributed by atoms with Gasteiger partial charge in [0.05, 0.1) is 12.1 Å². The Labute approximate surface area is 87.0 Å². The van der Waals surface area contributed by atoms with E-state index >= 15 is 0 Å². The first-order valence-electron chi connectivity index (χ1n) is 5.37. The highest BCUT2D eigenvalue weighted by Gasteiger charge is 2.44. The second kappa shape index (κ2) is 3.05. The Bertz CT molecular complexity index is 249. The van der Waals surface area contributed by atoms with Crippen LogP contribution in [0.15, 0.2) is 12.7 Å². The molecular weight excluding hydrogens is 174 g/mol. The molecule has 0 amide bonds. The third-order valence-corrected chi connectivity index (χ3v) is 4.02. The van der Waals surface area contributed by atoms with Crippen LogP contribution in [0.3, 0.4) is 0 Å². The van der Waals surface area contributed by atoms with Gasteiger partial charge in [-0.25, -0.2) is 0 Å². The lowest BCUT2D eigenvalue weighted by Gasteiger charge is -2.55. The minimum atomic E-state index is 0.113. The van der Waals surface area contributed by atoms with Crippen LogP contribution >= 0.6 is 0 Å². The lowest BCUT2D eigenvalue weighted by Crippen LogP contribution is -2.60. The van der Waals surface area contributed by atoms with Crippen LogP contribution in [0.25, 0.3) is 0 Å². The molecule has 0 saturated carbocycles. The molecule has 3 heteroatoms. The second-order valence-corrected chi connectivity index (χ2v) is 5.01. The summed E-state index contributed by atoms with van der Waals surface area (Å²) in [7, 11) is 2.30. The second-order valence-electron chi connectivity index (χ2n) is 5.01. The molecule has 0 radical (unpaired) electrons. The number of nitrogens with one attached hydrogen (secondary N) is 1. The summed E-state index contributed by atoms with van der Waals surface area (Å²) in [5, 5.41) is 3.52. The molecule has 2 heterocycles. The maximum atomic E-state index is 3.96. The van der Waals surface area contributed by atoms with Gasteiger partial charge in [-0.1, -0.05) is 6.58 Å². The average Bonchev–Trinajstić information content (AvgIpc) is 2.70. The van der Waals surface area contributed by atoms with Crippen LogP contribution in [-0.2, 0) is 0 Å². The van der Waals surface area contributed by atoms with Crippen LogP contribution < -0.4 is 5.32 Å². The molecule has 1 N–H and O–H groups in total. The first-order chi connectivity index (χ1) is 6.51. The topological polar surface area (TPSA) is 15.3 Å². The van der Waals surface area contributed by atoms with Gasteiger partial charge in [0.2, 0.25) is 0 Å². The Kier molecular flexibility index (Phi) is 2.21. The molecule has 2 rings (SSSR count). The molecule has 2 fully saturated rings. The van der Waals surface area contributed by atoms with E-state index in [0.29, 0.717) is 0 Å². The van der Waals surface area contributed by atoms with Crippen LogP contribution in [-0.4, -0.2) is 48.1 Å². The van der Waals surface area contributed by atoms with Crippen molar-refractivity contribution < 1.29 is 4.48 Å². The number of fused-ring (bicyclic) bond motifs is 1. The summed E-state index contributed by atoms with van der Waals surface area (Å²) >= 11 is 0. The fourth-order valence-corrected chi connectivity index (χ4v) is 2.41. The monoisotopic (exact) mass is 195 g/mol. The van der Waals surface area contributed by atoms with Crippen LogP contribution in [0.5, 0.6) is 0 Å². The Morgan fingerprint density at radius 1 is 1.50 bits per heavy atom. The van der Waals surface area contributed by atoms with Gasteiger partial charge in [0.1, 0.15) is 0 Å². The van der Waals surface area contributed by atoms with Gasteiger partial charge < -0.3 is 14.7 Å². The highest BCUT2D eigenvalue weighted by molar-refractivity contribution is 4.99. The van der Waals surface area contributed by atoms with Gasteiger partial charge in [-0.05, 0) is 33.0 Å². The molecule has 0 aromatic heterocycles. The summed E-state index contributed by atoms with van der Waals surface area (Å²) in [6, 6.07) is 0. The average molecular weight is 195 g/mol. The predicted octanol–water partition coefficient (Wildman–Crippen LogP) is 0.763. The van der Waals surface area contributed by atoms with Crippen molar-refractivity contribution >= 4 is 0 Å². The quantitative estimate of drug-likeness (QED) is 0.398. The van der Waals surface area contributed by atoms with E-state index in [9.17, 15) is 0 Å². The lowest BCUT2D eigenvalue weighted by atomic mass is 10.0. The zero-order chi connectivity index (χ0) is 10.4. The van der Waals surface area contributed by atoms with E-state index < -0.39 is 0 Å². The van der Waals surface area contributed by atoms with E-state index in [0.717, 1.165) is 17.6 Å². The maximum Gasteiger partial charge on any atom is 0.0899 e. The lowest BCUT2D eigenvalue weighted by molar-refractivity contribution is -0.931. The molecule has 0 spiro atoms. The fourth-order valence-electron chi connectivity index (χ4n) is 2.41. The van der Waals surface area contributed by atoms with E-state index in [1.807, 2.05) is 0 Å². The highest BCUT2D eigenvalue weighted by atomic mass is 15.6. The van der Waals surface area contributed by atoms with Crippen molar-refractivity contribution in [3.63, 3.8) is 0 Å². The molecule has 1 atom stereocenters. The summed E-state index contributed by atoms with van der Waals surface area (Å²) in [6.45, 7) is 13.1. The smallest absolute Gasteiger partial charge is 0.0899 e. The molecule has 14 heavy (non-hydrogen) atoms. The van der Waals surface area contributed by atoms with Gasteiger partial charge in [0.15, 0.2) is 0 Å². The van der Waals surface area contributed by atoms with Crippen LogP contribution in [0.4, 0.5) is 0 Å². The van der Waals surface area contributed by atoms with E-state index in [1.54, 1.807) is 0 Å². The number of quaternary nitrogens is 1. The molecule has 0 aromatic rings. The summed E-state index contributed by atoms with van der Waals surface area (Å²) in [4.78, 5) is 2.46. The first-order valence-corrected chi connectivity index (χ1v) is 5.37. The molecule has 3 nitrogen and oxygen atoms in total. The third kappa shape index (κ3) is 1.16. The van der Waals surface area contributed by atoms with Gasteiger partial charge in [0, 0.05) is 19.9 Å². The number of likely N-dealkylation sites (N-methyl/N-ethyl adjacent to an activating group) is 1. The molecule has 0 aliphatic carbocycles. The highest BCUT2D eigenvalue weighted by Crippen LogP contribution is 2.37. The van der Waals surface area contributed by atoms with Crippen molar-refractivity contribution in [2.75, 3.05) is 33.2 Å². The summed E-state index contributed by atoms with van der Waals surface area (Å²) in [5.41, 5.74) is 0.113. The van der Waals surface area contributed by atoms with Crippen LogP contribution in [0.2, 0.25) is 0 Å². The van der Waals surface area contributed by atoms with E-state index in [-0.39, 0.29) is 5.54 Å². The first kappa shape index (κ1) is 10.1. The molecule has 0 bridgehead atoms. The third-order valence-electron chi connectivity index (χ3n) is 4.02. The van der Waals surface area contributed by atoms with Crippen molar-refractivity contribution in [3.8, 4) is 0 Å². The van der Waals surface area contributed by atoms with Crippen molar-refractivity contribution in [3.05, 3.63) is 18.9 Å². The van der Waals surface area contributed by atoms with Gasteiger partial charge in [-0.15, -0.1) is 0 Å². The maximum absolute atomic E-state index is 3.96. The fraction of sp³-hybridized carbons (Fsp3) is 0.727. The normalized spacial score (nSPS) is 34.8. The van der Waals surface area contributed by atoms with Gasteiger partial charge in [-0.3, -0.25) is 0 Å². The predicted molar refractivity (Wildman–Crippen MR) is 58.1 cm³/mol. The summed E-state index contributed by atoms with van der Waals surface area (Å²) in [5.74, 6) is 0. The standard InChI is InChI=1S/C11H21N3/c1-5-11(2,3)14(4)9-8-13-7-6-12-10(13)14/h5,12H,1,6-9H2,2-4H3. The zero-order valence-electron chi connectivity index (χ0n) is 9.51.